The first-order chi connectivity index (χ1) is 12.0. The van der Waals surface area contributed by atoms with E-state index < -0.39 is 5.91 Å². The Kier molecular flexibility index (Phi) is 4.65. The summed E-state index contributed by atoms with van der Waals surface area (Å²) in [5.74, 6) is 0.125. The first-order valence-electron chi connectivity index (χ1n) is 7.28. The van der Waals surface area contributed by atoms with Crippen LogP contribution >= 0.6 is 11.6 Å². The van der Waals surface area contributed by atoms with Crippen LogP contribution in [0.1, 0.15) is 15.9 Å². The van der Waals surface area contributed by atoms with E-state index >= 15 is 0 Å². The Labute approximate surface area is 147 Å². The average Bonchev–Trinajstić information content (AvgIpc) is 3.00. The number of rotatable bonds is 4. The molecule has 1 heterocycles. The summed E-state index contributed by atoms with van der Waals surface area (Å²) in [6.45, 7) is -0.260. The van der Waals surface area contributed by atoms with Crippen LogP contribution in [0.5, 0.6) is 5.75 Å². The van der Waals surface area contributed by atoms with Crippen LogP contribution in [-0.2, 0) is 6.61 Å². The highest BCUT2D eigenvalue weighted by molar-refractivity contribution is 6.33. The SMILES string of the molecule is COc1cccc2c1c(CO)cn2C(=O)c1ccc(Cl)c(N(O)O)c1. The molecule has 130 valence electrons. The van der Waals surface area contributed by atoms with E-state index in [0.717, 1.165) is 0 Å². The third-order valence-corrected chi connectivity index (χ3v) is 4.21. The molecule has 25 heavy (non-hydrogen) atoms. The molecule has 1 aromatic heterocycles. The van der Waals surface area contributed by atoms with Crippen LogP contribution in [0.3, 0.4) is 0 Å². The van der Waals surface area contributed by atoms with Gasteiger partial charge in [0, 0.05) is 22.7 Å². The monoisotopic (exact) mass is 362 g/mol. The smallest absolute Gasteiger partial charge is 0.262 e. The standard InChI is InChI=1S/C17H15ClN2O5/c1-25-15-4-2-3-13-16(15)11(9-21)8-19(13)17(22)10-5-6-12(18)14(7-10)20(23)24/h2-8,21,23-24H,9H2,1H3. The maximum Gasteiger partial charge on any atom is 0.262 e. The Balaban J connectivity index is 2.17. The molecule has 3 aromatic rings. The van der Waals surface area contributed by atoms with Crippen molar-refractivity contribution in [3.63, 3.8) is 0 Å². The molecular weight excluding hydrogens is 348 g/mol. The molecule has 0 aliphatic heterocycles. The largest absolute Gasteiger partial charge is 0.496 e. The van der Waals surface area contributed by atoms with Crippen molar-refractivity contribution >= 4 is 34.1 Å². The van der Waals surface area contributed by atoms with Crippen LogP contribution in [0.15, 0.2) is 42.6 Å². The summed E-state index contributed by atoms with van der Waals surface area (Å²) < 4.78 is 6.68. The van der Waals surface area contributed by atoms with E-state index in [1.807, 2.05) is 0 Å². The summed E-state index contributed by atoms with van der Waals surface area (Å²) in [5, 5.41) is 28.6. The van der Waals surface area contributed by atoms with E-state index in [1.54, 1.807) is 18.2 Å². The predicted octanol–water partition coefficient (Wildman–Crippen LogP) is 3.07. The number of hydrogen-bond donors (Lipinski definition) is 3. The van der Waals surface area contributed by atoms with E-state index in [9.17, 15) is 20.3 Å². The molecule has 0 amide bonds. The zero-order valence-electron chi connectivity index (χ0n) is 13.2. The number of fused-ring (bicyclic) bond motifs is 1. The van der Waals surface area contributed by atoms with Crippen molar-refractivity contribution in [2.75, 3.05) is 12.3 Å². The van der Waals surface area contributed by atoms with Gasteiger partial charge in [0.25, 0.3) is 5.91 Å². The second-order valence-corrected chi connectivity index (χ2v) is 5.70. The predicted molar refractivity (Wildman–Crippen MR) is 91.6 cm³/mol. The van der Waals surface area contributed by atoms with Crippen LogP contribution < -0.4 is 9.96 Å². The molecule has 3 rings (SSSR count). The Morgan fingerprint density at radius 2 is 2.04 bits per heavy atom. The van der Waals surface area contributed by atoms with Gasteiger partial charge in [-0.15, -0.1) is 5.23 Å². The molecule has 0 spiro atoms. The summed E-state index contributed by atoms with van der Waals surface area (Å²) in [4.78, 5) is 12.9. The van der Waals surface area contributed by atoms with Gasteiger partial charge in [0.2, 0.25) is 0 Å². The van der Waals surface area contributed by atoms with Crippen LogP contribution in [0, 0.1) is 0 Å². The molecular formula is C17H15ClN2O5. The fourth-order valence-electron chi connectivity index (χ4n) is 2.73. The van der Waals surface area contributed by atoms with Crippen LogP contribution in [0.2, 0.25) is 5.02 Å². The molecule has 8 heteroatoms. The highest BCUT2D eigenvalue weighted by atomic mass is 35.5. The molecule has 2 aromatic carbocycles. The van der Waals surface area contributed by atoms with E-state index in [-0.39, 0.29) is 28.1 Å². The van der Waals surface area contributed by atoms with Gasteiger partial charge >= 0.3 is 0 Å². The fourth-order valence-corrected chi connectivity index (χ4v) is 2.92. The molecule has 0 saturated carbocycles. The van der Waals surface area contributed by atoms with Crippen LogP contribution in [0.25, 0.3) is 10.9 Å². The number of nitrogens with zero attached hydrogens (tertiary/aromatic N) is 2. The number of aliphatic hydroxyl groups excluding tert-OH is 1. The number of anilines is 1. The minimum Gasteiger partial charge on any atom is -0.496 e. The maximum atomic E-state index is 12.9. The van der Waals surface area contributed by atoms with Crippen molar-refractivity contribution in [1.29, 1.82) is 0 Å². The number of aromatic nitrogens is 1. The van der Waals surface area contributed by atoms with Gasteiger partial charge in [0.05, 0.1) is 24.3 Å². The zero-order chi connectivity index (χ0) is 18.1. The lowest BCUT2D eigenvalue weighted by Gasteiger charge is -2.12. The highest BCUT2D eigenvalue weighted by Crippen LogP contribution is 2.32. The van der Waals surface area contributed by atoms with Gasteiger partial charge < -0.3 is 9.84 Å². The first-order valence-corrected chi connectivity index (χ1v) is 7.65. The Bertz CT molecular complexity index is 952. The number of carbonyl (C=O) groups excluding carboxylic acids is 1. The van der Waals surface area contributed by atoms with Crippen molar-refractivity contribution < 1.29 is 25.1 Å². The van der Waals surface area contributed by atoms with Crippen LogP contribution in [-0.4, -0.2) is 33.1 Å². The number of methoxy groups -OCH3 is 1. The molecule has 0 bridgehead atoms. The first kappa shape index (κ1) is 17.2. The summed E-state index contributed by atoms with van der Waals surface area (Å²) in [6.07, 6.45) is 1.53. The molecule has 0 fully saturated rings. The number of benzene rings is 2. The molecule has 0 radical (unpaired) electrons. The van der Waals surface area contributed by atoms with E-state index in [2.05, 4.69) is 0 Å². The van der Waals surface area contributed by atoms with Crippen molar-refractivity contribution in [3.05, 3.63) is 58.7 Å². The van der Waals surface area contributed by atoms with Gasteiger partial charge in [-0.2, -0.15) is 0 Å². The molecule has 7 nitrogen and oxygen atoms in total. The number of carbonyl (C=O) groups is 1. The molecule has 3 N–H and O–H groups in total. The zero-order valence-corrected chi connectivity index (χ0v) is 13.9. The van der Waals surface area contributed by atoms with Crippen molar-refractivity contribution in [2.24, 2.45) is 0 Å². The Hall–Kier alpha value is -2.58. The lowest BCUT2D eigenvalue weighted by molar-refractivity contribution is 0.0292. The lowest BCUT2D eigenvalue weighted by Crippen LogP contribution is -2.15. The Morgan fingerprint density at radius 1 is 1.28 bits per heavy atom. The summed E-state index contributed by atoms with van der Waals surface area (Å²) in [7, 11) is 1.51. The van der Waals surface area contributed by atoms with Crippen molar-refractivity contribution in [2.45, 2.75) is 6.61 Å². The van der Waals surface area contributed by atoms with Gasteiger partial charge in [-0.05, 0) is 30.3 Å². The minimum absolute atomic E-state index is 0.0802. The molecule has 0 unspecified atom stereocenters. The van der Waals surface area contributed by atoms with Gasteiger partial charge in [-0.25, -0.2) is 0 Å². The Morgan fingerprint density at radius 3 is 2.68 bits per heavy atom. The van der Waals surface area contributed by atoms with E-state index in [4.69, 9.17) is 16.3 Å². The van der Waals surface area contributed by atoms with Gasteiger partial charge in [0.15, 0.2) is 0 Å². The van der Waals surface area contributed by atoms with Crippen molar-refractivity contribution in [3.8, 4) is 5.75 Å². The topological polar surface area (TPSA) is 95.2 Å². The molecule has 0 aliphatic rings. The molecule has 0 aliphatic carbocycles. The van der Waals surface area contributed by atoms with E-state index in [0.29, 0.717) is 22.2 Å². The van der Waals surface area contributed by atoms with Gasteiger partial charge in [-0.1, -0.05) is 17.7 Å². The van der Waals surface area contributed by atoms with E-state index in [1.165, 1.54) is 36.1 Å². The van der Waals surface area contributed by atoms with Gasteiger partial charge in [0.1, 0.15) is 11.4 Å². The number of aliphatic hydroxyl groups is 1. The minimum atomic E-state index is -0.419. The van der Waals surface area contributed by atoms with Crippen LogP contribution in [0.4, 0.5) is 5.69 Å². The second-order valence-electron chi connectivity index (χ2n) is 5.30. The average molecular weight is 363 g/mol. The summed E-state index contributed by atoms with van der Waals surface area (Å²) in [6, 6.07) is 9.34. The fraction of sp³-hybridized carbons (Fsp3) is 0.118. The quantitative estimate of drug-likeness (QED) is 0.617. The number of ether oxygens (including phenoxy) is 1. The summed E-state index contributed by atoms with van der Waals surface area (Å²) >= 11 is 5.87. The lowest BCUT2D eigenvalue weighted by atomic mass is 10.1. The highest BCUT2D eigenvalue weighted by Gasteiger charge is 2.19. The summed E-state index contributed by atoms with van der Waals surface area (Å²) in [5.41, 5.74) is 1.18. The normalized spacial score (nSPS) is 10.9. The third kappa shape index (κ3) is 2.94. The second kappa shape index (κ2) is 6.73. The molecule has 0 atom stereocenters. The number of halogens is 1. The van der Waals surface area contributed by atoms with Crippen molar-refractivity contribution in [1.82, 2.24) is 4.57 Å². The molecule has 0 saturated heterocycles. The third-order valence-electron chi connectivity index (χ3n) is 3.89. The number of hydrogen-bond acceptors (Lipinski definition) is 6. The van der Waals surface area contributed by atoms with Gasteiger partial charge in [-0.3, -0.25) is 19.8 Å². The maximum absolute atomic E-state index is 12.9.